The summed E-state index contributed by atoms with van der Waals surface area (Å²) in [5, 5.41) is 18.1. The second kappa shape index (κ2) is 4.91. The second-order valence-corrected chi connectivity index (χ2v) is 5.79. The molecule has 0 spiro atoms. The molecule has 6 nitrogen and oxygen atoms in total. The Morgan fingerprint density at radius 3 is 2.50 bits per heavy atom. The van der Waals surface area contributed by atoms with Crippen LogP contribution in [0.25, 0.3) is 0 Å². The number of aliphatic carboxylic acids is 1. The van der Waals surface area contributed by atoms with Gasteiger partial charge < -0.3 is 15.9 Å². The van der Waals surface area contributed by atoms with E-state index in [1.165, 1.54) is 0 Å². The third-order valence-corrected chi connectivity index (χ3v) is 3.44. The minimum atomic E-state index is -3.80. The highest BCUT2D eigenvalue weighted by molar-refractivity contribution is 7.90. The number of phenols is 1. The Bertz CT molecular complexity index is 584. The van der Waals surface area contributed by atoms with Gasteiger partial charge in [-0.25, -0.2) is 12.8 Å². The summed E-state index contributed by atoms with van der Waals surface area (Å²) in [5.41, 5.74) is 5.18. The third-order valence-electron chi connectivity index (χ3n) is 2.32. The van der Waals surface area contributed by atoms with E-state index in [1.807, 2.05) is 0 Å². The van der Waals surface area contributed by atoms with Gasteiger partial charge in [0.15, 0.2) is 21.4 Å². The summed E-state index contributed by atoms with van der Waals surface area (Å²) in [5.74, 6) is -3.50. The lowest BCUT2D eigenvalue weighted by molar-refractivity contribution is -0.138. The van der Waals surface area contributed by atoms with Crippen LogP contribution in [0.4, 0.5) is 4.39 Å². The van der Waals surface area contributed by atoms with E-state index in [0.29, 0.717) is 0 Å². The lowest BCUT2D eigenvalue weighted by Gasteiger charge is -2.10. The van der Waals surface area contributed by atoms with Crippen LogP contribution < -0.4 is 5.73 Å². The molecule has 0 bridgehead atoms. The van der Waals surface area contributed by atoms with Gasteiger partial charge in [0.1, 0.15) is 10.9 Å². The van der Waals surface area contributed by atoms with Crippen LogP contribution in [0, 0.1) is 5.82 Å². The van der Waals surface area contributed by atoms with Crippen LogP contribution in [0.1, 0.15) is 5.56 Å². The molecule has 0 aliphatic heterocycles. The van der Waals surface area contributed by atoms with Gasteiger partial charge in [0.05, 0.1) is 0 Å². The first-order valence-electron chi connectivity index (χ1n) is 4.83. The summed E-state index contributed by atoms with van der Waals surface area (Å²) in [7, 11) is -3.80. The number of nitrogens with two attached hydrogens (primary N) is 1. The third kappa shape index (κ3) is 2.96. The number of halogens is 1. The molecule has 0 amide bonds. The number of hydrogen-bond acceptors (Lipinski definition) is 5. The molecule has 0 radical (unpaired) electrons. The second-order valence-electron chi connectivity index (χ2n) is 3.81. The van der Waals surface area contributed by atoms with E-state index in [0.717, 1.165) is 18.4 Å². The van der Waals surface area contributed by atoms with Crippen molar-refractivity contribution in [1.82, 2.24) is 0 Å². The zero-order chi connectivity index (χ0) is 14.1. The van der Waals surface area contributed by atoms with Crippen LogP contribution in [0.2, 0.25) is 0 Å². The number of carboxylic acid groups (broad SMARTS) is 1. The van der Waals surface area contributed by atoms with E-state index in [9.17, 15) is 22.7 Å². The molecule has 4 N–H and O–H groups in total. The normalized spacial score (nSPS) is 13.3. The number of hydrogen-bond donors (Lipinski definition) is 3. The van der Waals surface area contributed by atoms with Crippen LogP contribution in [-0.2, 0) is 21.1 Å². The number of phenolic OH excluding ortho intramolecular Hbond substituents is 1. The predicted molar refractivity (Wildman–Crippen MR) is 60.5 cm³/mol. The van der Waals surface area contributed by atoms with E-state index in [4.69, 9.17) is 10.8 Å². The van der Waals surface area contributed by atoms with Crippen molar-refractivity contribution >= 4 is 15.8 Å². The van der Waals surface area contributed by atoms with E-state index in [2.05, 4.69) is 0 Å². The highest BCUT2D eigenvalue weighted by Crippen LogP contribution is 2.28. The molecule has 8 heteroatoms. The topological polar surface area (TPSA) is 118 Å². The maximum atomic E-state index is 13.6. The molecule has 0 heterocycles. The molecule has 1 aromatic rings. The average Bonchev–Trinajstić information content (AvgIpc) is 2.22. The van der Waals surface area contributed by atoms with E-state index < -0.39 is 38.3 Å². The van der Waals surface area contributed by atoms with Gasteiger partial charge in [-0.05, 0) is 11.6 Å². The Morgan fingerprint density at radius 1 is 1.50 bits per heavy atom. The lowest BCUT2D eigenvalue weighted by Crippen LogP contribution is -2.32. The number of carboxylic acids is 1. The van der Waals surface area contributed by atoms with Gasteiger partial charge in [-0.1, -0.05) is 6.07 Å². The smallest absolute Gasteiger partial charge is 0.320 e. The highest BCUT2D eigenvalue weighted by atomic mass is 32.2. The largest absolute Gasteiger partial charge is 0.505 e. The van der Waals surface area contributed by atoms with Crippen molar-refractivity contribution in [2.75, 3.05) is 6.26 Å². The molecular weight excluding hydrogens is 265 g/mol. The number of rotatable bonds is 4. The zero-order valence-corrected chi connectivity index (χ0v) is 10.2. The summed E-state index contributed by atoms with van der Waals surface area (Å²) in [6.07, 6.45) is 0.496. The SMILES string of the molecule is CS(=O)(=O)c1ccc(CC(N)C(=O)O)c(O)c1F. The van der Waals surface area contributed by atoms with Gasteiger partial charge in [0, 0.05) is 12.7 Å². The van der Waals surface area contributed by atoms with Crippen LogP contribution >= 0.6 is 0 Å². The lowest BCUT2D eigenvalue weighted by atomic mass is 10.1. The predicted octanol–water partition coefficient (Wildman–Crippen LogP) is -0.111. The summed E-state index contributed by atoms with van der Waals surface area (Å²) in [4.78, 5) is 9.88. The minimum absolute atomic E-state index is 0.0604. The Labute approximate surface area is 103 Å². The van der Waals surface area contributed by atoms with Crippen molar-refractivity contribution in [2.24, 2.45) is 5.73 Å². The van der Waals surface area contributed by atoms with Crippen LogP contribution in [0.5, 0.6) is 5.75 Å². The molecule has 0 saturated heterocycles. The Hall–Kier alpha value is -1.67. The summed E-state index contributed by atoms with van der Waals surface area (Å²) in [6, 6.07) is 0.797. The van der Waals surface area contributed by atoms with Crippen LogP contribution in [0.15, 0.2) is 17.0 Å². The van der Waals surface area contributed by atoms with Crippen molar-refractivity contribution < 1.29 is 27.8 Å². The molecule has 1 aromatic carbocycles. The van der Waals surface area contributed by atoms with E-state index >= 15 is 0 Å². The Morgan fingerprint density at radius 2 is 2.06 bits per heavy atom. The standard InChI is InChI=1S/C10H12FNO5S/c1-18(16,17)7-3-2-5(9(13)8(7)11)4-6(12)10(14)15/h2-3,6,13H,4,12H2,1H3,(H,14,15). The molecule has 1 atom stereocenters. The van der Waals surface area contributed by atoms with Crippen molar-refractivity contribution in [1.29, 1.82) is 0 Å². The van der Waals surface area contributed by atoms with Gasteiger partial charge >= 0.3 is 5.97 Å². The molecule has 0 aromatic heterocycles. The fourth-order valence-electron chi connectivity index (χ4n) is 1.36. The summed E-state index contributed by atoms with van der Waals surface area (Å²) < 4.78 is 35.9. The van der Waals surface area contributed by atoms with Gasteiger partial charge in [-0.15, -0.1) is 0 Å². The fourth-order valence-corrected chi connectivity index (χ4v) is 2.10. The van der Waals surface area contributed by atoms with Crippen LogP contribution in [0.3, 0.4) is 0 Å². The Kier molecular flexibility index (Phi) is 3.92. The molecule has 100 valence electrons. The van der Waals surface area contributed by atoms with Crippen molar-refractivity contribution in [3.8, 4) is 5.75 Å². The maximum absolute atomic E-state index is 13.6. The number of aromatic hydroxyl groups is 1. The van der Waals surface area contributed by atoms with E-state index in [-0.39, 0.29) is 12.0 Å². The highest BCUT2D eigenvalue weighted by Gasteiger charge is 2.22. The molecular formula is C10H12FNO5S. The minimum Gasteiger partial charge on any atom is -0.505 e. The number of benzene rings is 1. The summed E-state index contributed by atoms with van der Waals surface area (Å²) in [6.45, 7) is 0. The first-order valence-corrected chi connectivity index (χ1v) is 6.72. The fraction of sp³-hybridized carbons (Fsp3) is 0.300. The van der Waals surface area contributed by atoms with E-state index in [1.54, 1.807) is 0 Å². The van der Waals surface area contributed by atoms with Crippen LogP contribution in [-0.4, -0.2) is 36.9 Å². The molecule has 0 fully saturated rings. The van der Waals surface area contributed by atoms with Gasteiger partial charge in [0.25, 0.3) is 0 Å². The molecule has 1 unspecified atom stereocenters. The van der Waals surface area contributed by atoms with Crippen molar-refractivity contribution in [2.45, 2.75) is 17.4 Å². The van der Waals surface area contributed by atoms with Crippen molar-refractivity contribution in [3.05, 3.63) is 23.5 Å². The molecule has 0 saturated carbocycles. The molecule has 0 aliphatic rings. The first kappa shape index (κ1) is 14.4. The van der Waals surface area contributed by atoms with Gasteiger partial charge in [-0.2, -0.15) is 0 Å². The number of carbonyl (C=O) groups is 1. The molecule has 18 heavy (non-hydrogen) atoms. The van der Waals surface area contributed by atoms with Gasteiger partial charge in [-0.3, -0.25) is 4.79 Å². The quantitative estimate of drug-likeness (QED) is 0.706. The zero-order valence-electron chi connectivity index (χ0n) is 9.42. The molecule has 0 aliphatic carbocycles. The monoisotopic (exact) mass is 277 g/mol. The summed E-state index contributed by atoms with van der Waals surface area (Å²) >= 11 is 0. The number of sulfone groups is 1. The average molecular weight is 277 g/mol. The maximum Gasteiger partial charge on any atom is 0.320 e. The van der Waals surface area contributed by atoms with Crippen molar-refractivity contribution in [3.63, 3.8) is 0 Å². The van der Waals surface area contributed by atoms with Gasteiger partial charge in [0.2, 0.25) is 0 Å². The molecule has 1 rings (SSSR count). The Balaban J connectivity index is 3.21. The first-order chi connectivity index (χ1) is 8.14.